The van der Waals surface area contributed by atoms with Crippen molar-refractivity contribution < 1.29 is 14.3 Å². The number of aromatic nitrogens is 2. The standard InChI is InChI=1S/C21H18N4O3S4/c1-9-23-24-20(31-9)30-8-10-7-21(2,3)25-15-12(10)5-11(28-4)6-13(15)14(18(25)27)16-17(26)22-19(29)32-16/h5-7H,8H2,1-4H3,(H,22,26,29)/b16-14-. The first kappa shape index (κ1) is 21.6. The second-order valence-corrected chi connectivity index (χ2v) is 12.0. The summed E-state index contributed by atoms with van der Waals surface area (Å²) in [7, 11) is 1.59. The van der Waals surface area contributed by atoms with E-state index in [1.165, 1.54) is 0 Å². The number of methoxy groups -OCH3 is 1. The van der Waals surface area contributed by atoms with Gasteiger partial charge in [-0.3, -0.25) is 14.5 Å². The van der Waals surface area contributed by atoms with E-state index in [0.717, 1.165) is 37.9 Å². The molecule has 5 rings (SSSR count). The van der Waals surface area contributed by atoms with Crippen molar-refractivity contribution in [3.63, 3.8) is 0 Å². The summed E-state index contributed by atoms with van der Waals surface area (Å²) in [5.41, 5.74) is 3.30. The van der Waals surface area contributed by atoms with E-state index < -0.39 is 5.54 Å². The highest BCUT2D eigenvalue weighted by molar-refractivity contribution is 8.27. The predicted octanol–water partition coefficient (Wildman–Crippen LogP) is 4.03. The Morgan fingerprint density at radius 2 is 2.00 bits per heavy atom. The number of hydrogen-bond donors (Lipinski definition) is 1. The molecule has 1 saturated heterocycles. The van der Waals surface area contributed by atoms with Crippen molar-refractivity contribution in [1.29, 1.82) is 0 Å². The second kappa shape index (κ2) is 7.68. The minimum atomic E-state index is -0.580. The Bertz CT molecular complexity index is 1280. The van der Waals surface area contributed by atoms with Gasteiger partial charge in [-0.2, -0.15) is 0 Å². The van der Waals surface area contributed by atoms with Crippen LogP contribution in [0.2, 0.25) is 0 Å². The topological polar surface area (TPSA) is 84.4 Å². The van der Waals surface area contributed by atoms with E-state index in [2.05, 4.69) is 21.6 Å². The number of nitrogens with one attached hydrogen (secondary N) is 1. The van der Waals surface area contributed by atoms with Crippen LogP contribution in [0, 0.1) is 6.92 Å². The molecule has 0 aliphatic carbocycles. The van der Waals surface area contributed by atoms with Gasteiger partial charge in [-0.25, -0.2) is 0 Å². The number of anilines is 1. The highest BCUT2D eigenvalue weighted by Crippen LogP contribution is 2.53. The Labute approximate surface area is 202 Å². The fraction of sp³-hybridized carbons (Fsp3) is 0.286. The van der Waals surface area contributed by atoms with Crippen molar-refractivity contribution in [2.45, 2.75) is 30.6 Å². The van der Waals surface area contributed by atoms with Crippen LogP contribution in [0.4, 0.5) is 5.69 Å². The second-order valence-electron chi connectivity index (χ2n) is 7.96. The fourth-order valence-corrected chi connectivity index (χ4v) is 7.06. The summed E-state index contributed by atoms with van der Waals surface area (Å²) in [5, 5.41) is 11.9. The van der Waals surface area contributed by atoms with Crippen molar-refractivity contribution in [2.75, 3.05) is 17.8 Å². The van der Waals surface area contributed by atoms with Gasteiger partial charge in [0.2, 0.25) is 0 Å². The molecule has 0 bridgehead atoms. The summed E-state index contributed by atoms with van der Waals surface area (Å²) in [6.45, 7) is 5.93. The molecule has 1 aromatic carbocycles. The molecule has 11 heteroatoms. The van der Waals surface area contributed by atoms with Crippen molar-refractivity contribution in [2.24, 2.45) is 0 Å². The molecule has 1 aromatic heterocycles. The van der Waals surface area contributed by atoms with Crippen molar-refractivity contribution in [3.05, 3.63) is 39.2 Å². The van der Waals surface area contributed by atoms with Gasteiger partial charge in [0.15, 0.2) is 4.34 Å². The highest BCUT2D eigenvalue weighted by Gasteiger charge is 2.48. The average molecular weight is 503 g/mol. The SMILES string of the molecule is COc1cc2c3c(c1)/C(=C1/SC(=S)NC1=O)C(=O)N3C(C)(C)C=C2CSc1nnc(C)s1. The molecule has 2 aromatic rings. The molecule has 0 atom stereocenters. The normalized spacial score (nSPS) is 21.1. The first-order valence-corrected chi connectivity index (χ1v) is 12.7. The van der Waals surface area contributed by atoms with Gasteiger partial charge < -0.3 is 10.1 Å². The van der Waals surface area contributed by atoms with Crippen LogP contribution >= 0.6 is 47.1 Å². The summed E-state index contributed by atoms with van der Waals surface area (Å²) in [6.07, 6.45) is 2.11. The zero-order valence-electron chi connectivity index (χ0n) is 17.6. The van der Waals surface area contributed by atoms with Crippen LogP contribution in [0.5, 0.6) is 5.75 Å². The Balaban J connectivity index is 1.67. The largest absolute Gasteiger partial charge is 0.497 e. The van der Waals surface area contributed by atoms with Gasteiger partial charge in [0.05, 0.1) is 28.8 Å². The molecule has 164 valence electrons. The van der Waals surface area contributed by atoms with Gasteiger partial charge in [0.1, 0.15) is 15.1 Å². The van der Waals surface area contributed by atoms with E-state index >= 15 is 0 Å². The number of carbonyl (C=O) groups is 2. The number of ether oxygens (including phenoxy) is 1. The highest BCUT2D eigenvalue weighted by atomic mass is 32.2. The lowest BCUT2D eigenvalue weighted by Gasteiger charge is -2.39. The average Bonchev–Trinajstić information content (AvgIpc) is 3.38. The number of benzene rings is 1. The maximum atomic E-state index is 13.7. The molecule has 0 radical (unpaired) electrons. The van der Waals surface area contributed by atoms with E-state index in [1.54, 1.807) is 35.1 Å². The van der Waals surface area contributed by atoms with E-state index in [9.17, 15) is 9.59 Å². The quantitative estimate of drug-likeness (QED) is 0.381. The number of thiocarbonyl (C=S) groups is 1. The number of hydrogen-bond acceptors (Lipinski definition) is 9. The van der Waals surface area contributed by atoms with Crippen LogP contribution in [-0.4, -0.2) is 44.7 Å². The zero-order chi connectivity index (χ0) is 22.8. The Morgan fingerprint density at radius 3 is 2.62 bits per heavy atom. The monoisotopic (exact) mass is 502 g/mol. The Hall–Kier alpha value is -2.21. The summed E-state index contributed by atoms with van der Waals surface area (Å²) in [5.74, 6) is 0.752. The minimum Gasteiger partial charge on any atom is -0.497 e. The maximum Gasteiger partial charge on any atom is 0.264 e. The first-order valence-electron chi connectivity index (χ1n) is 9.69. The van der Waals surface area contributed by atoms with Crippen LogP contribution in [-0.2, 0) is 9.59 Å². The van der Waals surface area contributed by atoms with Crippen LogP contribution in [0.25, 0.3) is 11.1 Å². The Morgan fingerprint density at radius 1 is 1.25 bits per heavy atom. The predicted molar refractivity (Wildman–Crippen MR) is 133 cm³/mol. The molecular weight excluding hydrogens is 485 g/mol. The number of thioether (sulfide) groups is 2. The van der Waals surface area contributed by atoms with Gasteiger partial charge in [-0.15, -0.1) is 10.2 Å². The van der Waals surface area contributed by atoms with E-state index in [-0.39, 0.29) is 11.8 Å². The number of nitrogens with zero attached hydrogens (tertiary/aromatic N) is 3. The summed E-state index contributed by atoms with van der Waals surface area (Å²) < 4.78 is 6.81. The fourth-order valence-electron chi connectivity index (χ4n) is 4.14. The van der Waals surface area contributed by atoms with Gasteiger partial charge in [0, 0.05) is 16.9 Å². The minimum absolute atomic E-state index is 0.204. The molecule has 3 aliphatic heterocycles. The number of amides is 2. The summed E-state index contributed by atoms with van der Waals surface area (Å²) >= 11 is 9.46. The number of rotatable bonds is 4. The van der Waals surface area contributed by atoms with Gasteiger partial charge in [-0.1, -0.05) is 53.2 Å². The molecule has 0 unspecified atom stereocenters. The lowest BCUT2D eigenvalue weighted by Crippen LogP contribution is -2.46. The van der Waals surface area contributed by atoms with Gasteiger partial charge in [-0.05, 0) is 38.5 Å². The van der Waals surface area contributed by atoms with E-state index in [0.29, 0.717) is 31.9 Å². The van der Waals surface area contributed by atoms with Crippen molar-refractivity contribution in [1.82, 2.24) is 15.5 Å². The van der Waals surface area contributed by atoms with Crippen LogP contribution in [0.15, 0.2) is 27.5 Å². The molecule has 0 spiro atoms. The molecule has 4 heterocycles. The molecule has 1 fully saturated rings. The lowest BCUT2D eigenvalue weighted by molar-refractivity contribution is -0.116. The molecular formula is C21H18N4O3S4. The van der Waals surface area contributed by atoms with E-state index in [4.69, 9.17) is 17.0 Å². The third kappa shape index (κ3) is 3.38. The lowest BCUT2D eigenvalue weighted by atomic mass is 9.88. The summed E-state index contributed by atoms with van der Waals surface area (Å²) in [4.78, 5) is 28.3. The van der Waals surface area contributed by atoms with Crippen LogP contribution in [0.1, 0.15) is 30.0 Å². The van der Waals surface area contributed by atoms with Gasteiger partial charge in [0.25, 0.3) is 11.8 Å². The first-order chi connectivity index (χ1) is 15.2. The third-order valence-corrected chi connectivity index (χ3v) is 8.64. The third-order valence-electron chi connectivity index (χ3n) is 5.38. The molecule has 0 saturated carbocycles. The smallest absolute Gasteiger partial charge is 0.264 e. The van der Waals surface area contributed by atoms with Crippen molar-refractivity contribution >= 4 is 80.0 Å². The van der Waals surface area contributed by atoms with Crippen molar-refractivity contribution in [3.8, 4) is 5.75 Å². The molecule has 7 nitrogen and oxygen atoms in total. The molecule has 2 amide bonds. The number of aryl methyl sites for hydroxylation is 1. The molecule has 32 heavy (non-hydrogen) atoms. The zero-order valence-corrected chi connectivity index (χ0v) is 20.9. The molecule has 1 N–H and O–H groups in total. The van der Waals surface area contributed by atoms with Crippen LogP contribution in [0.3, 0.4) is 0 Å². The summed E-state index contributed by atoms with van der Waals surface area (Å²) in [6, 6.07) is 3.78. The van der Waals surface area contributed by atoms with Crippen LogP contribution < -0.4 is 15.0 Å². The maximum absolute atomic E-state index is 13.7. The van der Waals surface area contributed by atoms with E-state index in [1.807, 2.05) is 32.9 Å². The molecule has 3 aliphatic rings. The van der Waals surface area contributed by atoms with Gasteiger partial charge >= 0.3 is 0 Å². The Kier molecular flexibility index (Phi) is 5.19. The number of carbonyl (C=O) groups excluding carboxylic acids is 2.